The Morgan fingerprint density at radius 3 is 2.82 bits per heavy atom. The van der Waals surface area contributed by atoms with E-state index in [4.69, 9.17) is 0 Å². The summed E-state index contributed by atoms with van der Waals surface area (Å²) < 4.78 is 0. The molecule has 98 valence electrons. The molecular weight excluding hydrogens is 236 g/mol. The van der Waals surface area contributed by atoms with Gasteiger partial charge < -0.3 is 15.3 Å². The van der Waals surface area contributed by atoms with Gasteiger partial charge in [-0.1, -0.05) is 0 Å². The summed E-state index contributed by atoms with van der Waals surface area (Å²) in [7, 11) is 0. The van der Waals surface area contributed by atoms with Crippen molar-refractivity contribution in [2.75, 3.05) is 31.9 Å². The van der Waals surface area contributed by atoms with Crippen molar-refractivity contribution >= 4 is 17.7 Å². The van der Waals surface area contributed by atoms with Crippen LogP contribution in [0.3, 0.4) is 0 Å². The van der Waals surface area contributed by atoms with Crippen LogP contribution in [0.5, 0.6) is 0 Å². The smallest absolute Gasteiger partial charge is 0.232 e. The Morgan fingerprint density at radius 1 is 1.35 bits per heavy atom. The minimum absolute atomic E-state index is 0.201. The summed E-state index contributed by atoms with van der Waals surface area (Å²) in [5, 5.41) is 13.5. The molecule has 2 aliphatic rings. The molecule has 17 heavy (non-hydrogen) atoms. The number of aliphatic hydroxyl groups excluding tert-OH is 1. The van der Waals surface area contributed by atoms with Gasteiger partial charge >= 0.3 is 0 Å². The van der Waals surface area contributed by atoms with Gasteiger partial charge in [0.15, 0.2) is 0 Å². The molecule has 2 saturated heterocycles. The molecule has 0 aromatic heterocycles. The van der Waals surface area contributed by atoms with Gasteiger partial charge in [-0.15, -0.1) is 11.8 Å². The summed E-state index contributed by atoms with van der Waals surface area (Å²) in [5.41, 5.74) is 0. The number of β-amino-alcohol motifs (C(OH)–C–C–N with tert-alkyl or cyclic N) is 1. The van der Waals surface area contributed by atoms with Crippen LogP contribution in [0.4, 0.5) is 0 Å². The molecule has 0 radical (unpaired) electrons. The molecule has 5 heteroatoms. The number of carbonyl (C=O) groups excluding carboxylic acids is 1. The Balaban J connectivity index is 1.69. The minimum atomic E-state index is -0.309. The number of rotatable bonds is 3. The Bertz CT molecular complexity index is 257. The normalized spacial score (nSPS) is 27.1. The van der Waals surface area contributed by atoms with Crippen molar-refractivity contribution in [3.8, 4) is 0 Å². The van der Waals surface area contributed by atoms with Crippen LogP contribution in [0.1, 0.15) is 25.7 Å². The second-order valence-corrected chi connectivity index (χ2v) is 6.18. The highest BCUT2D eigenvalue weighted by Crippen LogP contribution is 2.21. The summed E-state index contributed by atoms with van der Waals surface area (Å²) in [4.78, 5) is 13.8. The van der Waals surface area contributed by atoms with Crippen LogP contribution in [0.2, 0.25) is 0 Å². The first-order chi connectivity index (χ1) is 8.25. The van der Waals surface area contributed by atoms with E-state index in [1.54, 1.807) is 11.8 Å². The minimum Gasteiger partial charge on any atom is -0.391 e. The third-order valence-electron chi connectivity index (χ3n) is 3.48. The molecule has 1 amide bonds. The van der Waals surface area contributed by atoms with Gasteiger partial charge in [0.1, 0.15) is 0 Å². The van der Waals surface area contributed by atoms with E-state index in [-0.39, 0.29) is 12.0 Å². The molecule has 0 aliphatic carbocycles. The fourth-order valence-electron chi connectivity index (χ4n) is 2.42. The summed E-state index contributed by atoms with van der Waals surface area (Å²) >= 11 is 1.79. The number of likely N-dealkylation sites (tertiary alicyclic amines) is 1. The number of amides is 1. The maximum Gasteiger partial charge on any atom is 0.232 e. The van der Waals surface area contributed by atoms with Crippen LogP contribution in [0.15, 0.2) is 0 Å². The maximum atomic E-state index is 12.0. The number of nitrogens with zero attached hydrogens (tertiary/aromatic N) is 1. The molecule has 0 unspecified atom stereocenters. The second-order valence-electron chi connectivity index (χ2n) is 4.90. The van der Waals surface area contributed by atoms with E-state index in [1.165, 1.54) is 12.8 Å². The molecule has 2 N–H and O–H groups in total. The standard InChI is InChI=1S/C12H22N2O2S/c15-10-2-1-7-14(8-10)12(16)9-17-11-3-5-13-6-4-11/h10-11,13,15H,1-9H2/t10-/m0/s1. The lowest BCUT2D eigenvalue weighted by molar-refractivity contribution is -0.131. The highest BCUT2D eigenvalue weighted by Gasteiger charge is 2.23. The van der Waals surface area contributed by atoms with Crippen molar-refractivity contribution in [3.05, 3.63) is 0 Å². The molecule has 0 spiro atoms. The zero-order chi connectivity index (χ0) is 12.1. The fraction of sp³-hybridized carbons (Fsp3) is 0.917. The lowest BCUT2D eigenvalue weighted by Gasteiger charge is -2.30. The molecular formula is C12H22N2O2S. The van der Waals surface area contributed by atoms with Crippen molar-refractivity contribution in [2.24, 2.45) is 0 Å². The topological polar surface area (TPSA) is 52.6 Å². The molecule has 2 heterocycles. The number of aliphatic hydroxyl groups is 1. The van der Waals surface area contributed by atoms with Gasteiger partial charge in [-0.3, -0.25) is 4.79 Å². The molecule has 2 rings (SSSR count). The van der Waals surface area contributed by atoms with Crippen molar-refractivity contribution < 1.29 is 9.90 Å². The number of piperidine rings is 2. The van der Waals surface area contributed by atoms with Crippen LogP contribution >= 0.6 is 11.8 Å². The Kier molecular flexibility index (Phi) is 5.13. The van der Waals surface area contributed by atoms with E-state index >= 15 is 0 Å². The van der Waals surface area contributed by atoms with E-state index in [9.17, 15) is 9.90 Å². The zero-order valence-electron chi connectivity index (χ0n) is 10.2. The third-order valence-corrected chi connectivity index (χ3v) is 4.83. The first-order valence-electron chi connectivity index (χ1n) is 6.54. The van der Waals surface area contributed by atoms with Gasteiger partial charge in [0, 0.05) is 18.3 Å². The lowest BCUT2D eigenvalue weighted by Crippen LogP contribution is -2.43. The monoisotopic (exact) mass is 258 g/mol. The SMILES string of the molecule is O=C(CSC1CCNCC1)N1CCC[C@H](O)C1. The van der Waals surface area contributed by atoms with Gasteiger partial charge in [0.2, 0.25) is 5.91 Å². The molecule has 0 aromatic carbocycles. The predicted molar refractivity (Wildman–Crippen MR) is 70.2 cm³/mol. The van der Waals surface area contributed by atoms with Crippen molar-refractivity contribution in [3.63, 3.8) is 0 Å². The van der Waals surface area contributed by atoms with Gasteiger partial charge in [0.25, 0.3) is 0 Å². The molecule has 2 aliphatic heterocycles. The number of hydrogen-bond donors (Lipinski definition) is 2. The quantitative estimate of drug-likeness (QED) is 0.772. The van der Waals surface area contributed by atoms with Crippen molar-refractivity contribution in [1.82, 2.24) is 10.2 Å². The van der Waals surface area contributed by atoms with Crippen molar-refractivity contribution in [1.29, 1.82) is 0 Å². The van der Waals surface area contributed by atoms with Gasteiger partial charge in [-0.25, -0.2) is 0 Å². The average molecular weight is 258 g/mol. The van der Waals surface area contributed by atoms with E-state index in [1.807, 2.05) is 4.90 Å². The van der Waals surface area contributed by atoms with Crippen LogP contribution in [-0.4, -0.2) is 59.2 Å². The number of thioether (sulfide) groups is 1. The van der Waals surface area contributed by atoms with E-state index in [0.29, 0.717) is 17.5 Å². The van der Waals surface area contributed by atoms with E-state index in [0.717, 1.165) is 32.5 Å². The van der Waals surface area contributed by atoms with Crippen molar-refractivity contribution in [2.45, 2.75) is 37.0 Å². The Hall–Kier alpha value is -0.260. The Labute approximate surface area is 107 Å². The van der Waals surface area contributed by atoms with E-state index in [2.05, 4.69) is 5.32 Å². The average Bonchev–Trinajstić information content (AvgIpc) is 2.37. The first-order valence-corrected chi connectivity index (χ1v) is 7.59. The summed E-state index contributed by atoms with van der Waals surface area (Å²) in [5.74, 6) is 0.782. The third kappa shape index (κ3) is 4.16. The Morgan fingerprint density at radius 2 is 2.12 bits per heavy atom. The van der Waals surface area contributed by atoms with Crippen LogP contribution in [0, 0.1) is 0 Å². The molecule has 0 aromatic rings. The molecule has 0 bridgehead atoms. The van der Waals surface area contributed by atoms with Gasteiger partial charge in [0.05, 0.1) is 11.9 Å². The summed E-state index contributed by atoms with van der Waals surface area (Å²) in [6.45, 7) is 3.51. The molecule has 1 atom stereocenters. The highest BCUT2D eigenvalue weighted by atomic mass is 32.2. The highest BCUT2D eigenvalue weighted by molar-refractivity contribution is 8.00. The van der Waals surface area contributed by atoms with Gasteiger partial charge in [-0.2, -0.15) is 0 Å². The fourth-order valence-corrected chi connectivity index (χ4v) is 3.55. The molecule has 4 nitrogen and oxygen atoms in total. The zero-order valence-corrected chi connectivity index (χ0v) is 11.0. The van der Waals surface area contributed by atoms with Crippen LogP contribution in [0.25, 0.3) is 0 Å². The van der Waals surface area contributed by atoms with Crippen LogP contribution in [-0.2, 0) is 4.79 Å². The predicted octanol–water partition coefficient (Wildman–Crippen LogP) is 0.455. The second kappa shape index (κ2) is 6.61. The summed E-state index contributed by atoms with van der Waals surface area (Å²) in [6.07, 6.45) is 3.80. The number of carbonyl (C=O) groups is 1. The molecule has 2 fully saturated rings. The largest absolute Gasteiger partial charge is 0.391 e. The number of nitrogens with one attached hydrogen (secondary N) is 1. The molecule has 0 saturated carbocycles. The van der Waals surface area contributed by atoms with E-state index < -0.39 is 0 Å². The van der Waals surface area contributed by atoms with Gasteiger partial charge in [-0.05, 0) is 38.8 Å². The maximum absolute atomic E-state index is 12.0. The lowest BCUT2D eigenvalue weighted by atomic mass is 10.1. The first kappa shape index (κ1) is 13.2. The summed E-state index contributed by atoms with van der Waals surface area (Å²) in [6, 6.07) is 0. The van der Waals surface area contributed by atoms with Crippen LogP contribution < -0.4 is 5.32 Å². The number of hydrogen-bond acceptors (Lipinski definition) is 4.